The van der Waals surface area contributed by atoms with Crippen LogP contribution in [0, 0.1) is 12.7 Å². The van der Waals surface area contributed by atoms with Gasteiger partial charge in [-0.25, -0.2) is 17.8 Å². The fourth-order valence-corrected chi connectivity index (χ4v) is 5.75. The first-order valence-electron chi connectivity index (χ1n) is 10.6. The lowest BCUT2D eigenvalue weighted by Crippen LogP contribution is -2.41. The molecule has 0 aliphatic heterocycles. The molecule has 0 bridgehead atoms. The van der Waals surface area contributed by atoms with Crippen LogP contribution >= 0.6 is 23.7 Å². The molecule has 0 saturated heterocycles. The van der Waals surface area contributed by atoms with E-state index in [2.05, 4.69) is 9.88 Å². The highest BCUT2D eigenvalue weighted by atomic mass is 35.5. The molecule has 7 nitrogen and oxygen atoms in total. The topological polar surface area (TPSA) is 79.8 Å². The molecule has 0 saturated carbocycles. The fourth-order valence-electron chi connectivity index (χ4n) is 3.45. The summed E-state index contributed by atoms with van der Waals surface area (Å²) < 4.78 is 45.2. The van der Waals surface area contributed by atoms with E-state index in [0.29, 0.717) is 29.5 Å². The van der Waals surface area contributed by atoms with Crippen molar-refractivity contribution in [1.82, 2.24) is 9.88 Å². The number of methoxy groups -OCH3 is 1. The van der Waals surface area contributed by atoms with Gasteiger partial charge in [0.15, 0.2) is 15.0 Å². The van der Waals surface area contributed by atoms with E-state index in [-0.39, 0.29) is 17.3 Å². The van der Waals surface area contributed by atoms with Gasteiger partial charge in [0.25, 0.3) is 0 Å². The normalized spacial score (nSPS) is 11.5. The Labute approximate surface area is 209 Å². The molecule has 1 amide bonds. The van der Waals surface area contributed by atoms with Gasteiger partial charge in [-0.2, -0.15) is 0 Å². The summed E-state index contributed by atoms with van der Waals surface area (Å²) >= 11 is 1.33. The zero-order chi connectivity index (χ0) is 24.2. The quantitative estimate of drug-likeness (QED) is 0.364. The van der Waals surface area contributed by atoms with Gasteiger partial charge in [0, 0.05) is 13.1 Å². The monoisotopic (exact) mass is 529 g/mol. The maximum Gasteiger partial charge on any atom is 0.244 e. The average Bonchev–Trinajstić information content (AvgIpc) is 3.23. The minimum Gasteiger partial charge on any atom is -0.494 e. The number of thiazole rings is 1. The number of likely N-dealkylation sites (N-methyl/N-ethyl adjacent to an activating group) is 1. The summed E-state index contributed by atoms with van der Waals surface area (Å²) in [6.45, 7) is 8.48. The van der Waals surface area contributed by atoms with Crippen LogP contribution in [0.1, 0.15) is 19.4 Å². The number of fused-ring (bicyclic) bond motifs is 1. The molecular formula is C23H29ClFN3O4S2. The van der Waals surface area contributed by atoms with Gasteiger partial charge in [-0.3, -0.25) is 9.69 Å². The molecule has 11 heteroatoms. The zero-order valence-corrected chi connectivity index (χ0v) is 22.0. The van der Waals surface area contributed by atoms with Crippen LogP contribution in [-0.2, 0) is 14.6 Å². The predicted molar refractivity (Wildman–Crippen MR) is 137 cm³/mol. The molecule has 0 aliphatic rings. The standard InChI is InChI=1S/C23H28FN3O4S2.ClH/c1-5-26(6-2)13-14-27(20(28)15-33(29,30)18-10-8-17(24)9-11-18)23-25-21-19(31-4)12-7-16(3)22(21)32-23;/h7-12H,5-6,13-15H2,1-4H3;1H. The van der Waals surface area contributed by atoms with Crippen molar-refractivity contribution in [3.63, 3.8) is 0 Å². The molecule has 0 fully saturated rings. The van der Waals surface area contributed by atoms with E-state index in [1.54, 1.807) is 7.11 Å². The Bertz CT molecular complexity index is 1230. The number of amides is 1. The number of nitrogens with zero attached hydrogens (tertiary/aromatic N) is 3. The van der Waals surface area contributed by atoms with Gasteiger partial charge in [0.05, 0.1) is 16.7 Å². The predicted octanol–water partition coefficient (Wildman–Crippen LogP) is 4.32. The first kappa shape index (κ1) is 28.0. The molecule has 0 aliphatic carbocycles. The third-order valence-corrected chi connectivity index (χ3v) is 8.30. The Kier molecular flexibility index (Phi) is 9.81. The van der Waals surface area contributed by atoms with Crippen molar-refractivity contribution in [3.05, 3.63) is 47.8 Å². The van der Waals surface area contributed by atoms with Gasteiger partial charge >= 0.3 is 0 Å². The molecule has 0 atom stereocenters. The lowest BCUT2D eigenvalue weighted by atomic mass is 10.2. The molecule has 1 heterocycles. The Morgan fingerprint density at radius 2 is 1.74 bits per heavy atom. The number of carbonyl (C=O) groups excluding carboxylic acids is 1. The summed E-state index contributed by atoms with van der Waals surface area (Å²) in [5.41, 5.74) is 1.63. The van der Waals surface area contributed by atoms with Gasteiger partial charge in [0.2, 0.25) is 5.91 Å². The number of ether oxygens (including phenoxy) is 1. The Hall–Kier alpha value is -2.27. The van der Waals surface area contributed by atoms with Crippen LogP contribution in [0.3, 0.4) is 0 Å². The number of halogens is 2. The molecule has 0 spiro atoms. The Balaban J connectivity index is 0.00000408. The highest BCUT2D eigenvalue weighted by Crippen LogP contribution is 2.36. The average molecular weight is 530 g/mol. The summed E-state index contributed by atoms with van der Waals surface area (Å²) in [7, 11) is -2.39. The van der Waals surface area contributed by atoms with E-state index in [1.165, 1.54) is 28.4 Å². The Morgan fingerprint density at radius 1 is 1.09 bits per heavy atom. The van der Waals surface area contributed by atoms with E-state index < -0.39 is 27.3 Å². The lowest BCUT2D eigenvalue weighted by Gasteiger charge is -2.24. The van der Waals surface area contributed by atoms with Crippen LogP contribution in [0.4, 0.5) is 9.52 Å². The van der Waals surface area contributed by atoms with Crippen molar-refractivity contribution in [3.8, 4) is 5.75 Å². The number of rotatable bonds is 10. The number of anilines is 1. The summed E-state index contributed by atoms with van der Waals surface area (Å²) in [6.07, 6.45) is 0. The highest BCUT2D eigenvalue weighted by molar-refractivity contribution is 7.92. The SMILES string of the molecule is CCN(CC)CCN(C(=O)CS(=O)(=O)c1ccc(F)cc1)c1nc2c(OC)ccc(C)c2s1.Cl. The van der Waals surface area contributed by atoms with Gasteiger partial charge in [-0.1, -0.05) is 31.3 Å². The molecule has 34 heavy (non-hydrogen) atoms. The van der Waals surface area contributed by atoms with Crippen LogP contribution in [0.5, 0.6) is 5.75 Å². The maximum atomic E-state index is 13.3. The second kappa shape index (κ2) is 11.9. The summed E-state index contributed by atoms with van der Waals surface area (Å²) in [5.74, 6) is -1.27. The number of carbonyl (C=O) groups is 1. The number of benzene rings is 2. The van der Waals surface area contributed by atoms with Crippen molar-refractivity contribution in [2.24, 2.45) is 0 Å². The summed E-state index contributed by atoms with van der Waals surface area (Å²) in [5, 5.41) is 0.420. The van der Waals surface area contributed by atoms with Crippen molar-refractivity contribution < 1.29 is 22.3 Å². The number of aromatic nitrogens is 1. The molecule has 0 unspecified atom stereocenters. The van der Waals surface area contributed by atoms with E-state index in [0.717, 1.165) is 35.5 Å². The van der Waals surface area contributed by atoms with Crippen molar-refractivity contribution >= 4 is 54.8 Å². The first-order chi connectivity index (χ1) is 15.7. The van der Waals surface area contributed by atoms with Crippen LogP contribution in [0.15, 0.2) is 41.3 Å². The molecule has 1 aromatic heterocycles. The van der Waals surface area contributed by atoms with Crippen LogP contribution < -0.4 is 9.64 Å². The minimum atomic E-state index is -3.95. The largest absolute Gasteiger partial charge is 0.494 e. The van der Waals surface area contributed by atoms with Crippen molar-refractivity contribution in [2.45, 2.75) is 25.7 Å². The van der Waals surface area contributed by atoms with Gasteiger partial charge in [0.1, 0.15) is 22.8 Å². The summed E-state index contributed by atoms with van der Waals surface area (Å²) in [6, 6.07) is 8.22. The third kappa shape index (κ3) is 6.24. The number of sulfone groups is 1. The van der Waals surface area contributed by atoms with Gasteiger partial charge in [-0.05, 0) is 55.9 Å². The molecule has 2 aromatic carbocycles. The van der Waals surface area contributed by atoms with Gasteiger partial charge in [-0.15, -0.1) is 12.4 Å². The second-order valence-electron chi connectivity index (χ2n) is 7.54. The maximum absolute atomic E-state index is 13.3. The molecule has 0 radical (unpaired) electrons. The molecule has 0 N–H and O–H groups in total. The van der Waals surface area contributed by atoms with Crippen molar-refractivity contribution in [2.75, 3.05) is 43.9 Å². The van der Waals surface area contributed by atoms with E-state index in [9.17, 15) is 17.6 Å². The van der Waals surface area contributed by atoms with Crippen LogP contribution in [-0.4, -0.2) is 63.3 Å². The van der Waals surface area contributed by atoms with E-state index in [1.807, 2.05) is 32.9 Å². The van der Waals surface area contributed by atoms with Gasteiger partial charge < -0.3 is 9.64 Å². The molecule has 3 rings (SSSR count). The third-order valence-electron chi connectivity index (χ3n) is 5.46. The zero-order valence-electron chi connectivity index (χ0n) is 19.6. The lowest BCUT2D eigenvalue weighted by molar-refractivity contribution is -0.116. The highest BCUT2D eigenvalue weighted by Gasteiger charge is 2.27. The van der Waals surface area contributed by atoms with Crippen molar-refractivity contribution in [1.29, 1.82) is 0 Å². The van der Waals surface area contributed by atoms with Crippen LogP contribution in [0.25, 0.3) is 10.2 Å². The smallest absolute Gasteiger partial charge is 0.244 e. The molecule has 186 valence electrons. The fraction of sp³-hybridized carbons (Fsp3) is 0.391. The van der Waals surface area contributed by atoms with E-state index in [4.69, 9.17) is 4.74 Å². The number of hydrogen-bond donors (Lipinski definition) is 0. The molecular weight excluding hydrogens is 501 g/mol. The summed E-state index contributed by atoms with van der Waals surface area (Å²) in [4.78, 5) is 21.4. The van der Waals surface area contributed by atoms with Crippen LogP contribution in [0.2, 0.25) is 0 Å². The number of hydrogen-bond acceptors (Lipinski definition) is 7. The molecule has 3 aromatic rings. The van der Waals surface area contributed by atoms with E-state index >= 15 is 0 Å². The second-order valence-corrected chi connectivity index (χ2v) is 10.5. The first-order valence-corrected chi connectivity index (χ1v) is 13.1. The number of aryl methyl sites for hydroxylation is 1. The minimum absolute atomic E-state index is 0. The Morgan fingerprint density at radius 3 is 2.32 bits per heavy atom.